The number of likely N-dealkylation sites (tertiary alicyclic amines) is 1. The maximum absolute atomic E-state index is 5.31. The predicted octanol–water partition coefficient (Wildman–Crippen LogP) is 0.625. The van der Waals surface area contributed by atoms with E-state index in [9.17, 15) is 0 Å². The van der Waals surface area contributed by atoms with Gasteiger partial charge in [0.1, 0.15) is 0 Å². The van der Waals surface area contributed by atoms with E-state index in [0.29, 0.717) is 6.04 Å². The van der Waals surface area contributed by atoms with Gasteiger partial charge < -0.3 is 10.2 Å². The molecule has 92 valence electrons. The summed E-state index contributed by atoms with van der Waals surface area (Å²) in [5.74, 6) is 2.72. The lowest BCUT2D eigenvalue weighted by Crippen LogP contribution is -2.43. The van der Waals surface area contributed by atoms with Crippen LogP contribution in [-0.4, -0.2) is 62.7 Å². The molecular weight excluding hydrogens is 198 g/mol. The zero-order chi connectivity index (χ0) is 11.8. The lowest BCUT2D eigenvalue weighted by atomic mass is 10.1. The molecule has 0 radical (unpaired) electrons. The number of terminal acetylenes is 1. The Hall–Kier alpha value is -0.560. The molecular formula is C13H25N3. The number of nitrogens with one attached hydrogen (secondary N) is 1. The first kappa shape index (κ1) is 13.5. The fourth-order valence-electron chi connectivity index (χ4n) is 2.13. The van der Waals surface area contributed by atoms with E-state index in [1.165, 1.54) is 25.8 Å². The van der Waals surface area contributed by atoms with E-state index in [1.807, 2.05) is 0 Å². The summed E-state index contributed by atoms with van der Waals surface area (Å²) in [7, 11) is 4.25. The van der Waals surface area contributed by atoms with Crippen LogP contribution in [0.2, 0.25) is 0 Å². The summed E-state index contributed by atoms with van der Waals surface area (Å²) < 4.78 is 0. The quantitative estimate of drug-likeness (QED) is 0.526. The molecule has 1 N–H and O–H groups in total. The largest absolute Gasteiger partial charge is 0.314 e. The Bertz CT molecular complexity index is 212. The van der Waals surface area contributed by atoms with Crippen molar-refractivity contribution in [1.82, 2.24) is 15.1 Å². The Balaban J connectivity index is 2.02. The van der Waals surface area contributed by atoms with E-state index in [0.717, 1.165) is 26.2 Å². The highest BCUT2D eigenvalue weighted by Gasteiger charge is 2.17. The third-order valence-corrected chi connectivity index (χ3v) is 3.12. The lowest BCUT2D eigenvalue weighted by Gasteiger charge is -2.31. The van der Waals surface area contributed by atoms with Gasteiger partial charge in [-0.1, -0.05) is 5.92 Å². The third-order valence-electron chi connectivity index (χ3n) is 3.12. The van der Waals surface area contributed by atoms with Crippen LogP contribution in [0.15, 0.2) is 0 Å². The van der Waals surface area contributed by atoms with Crippen LogP contribution in [-0.2, 0) is 0 Å². The van der Waals surface area contributed by atoms with E-state index in [-0.39, 0.29) is 0 Å². The smallest absolute Gasteiger partial charge is 0.0598 e. The van der Waals surface area contributed by atoms with Gasteiger partial charge >= 0.3 is 0 Å². The second kappa shape index (κ2) is 7.67. The molecule has 1 aliphatic heterocycles. The second-order valence-corrected chi connectivity index (χ2v) is 4.87. The summed E-state index contributed by atoms with van der Waals surface area (Å²) in [5, 5.41) is 3.63. The molecule has 0 aliphatic carbocycles. The van der Waals surface area contributed by atoms with Crippen LogP contribution >= 0.6 is 0 Å². The van der Waals surface area contributed by atoms with Gasteiger partial charge in [0.2, 0.25) is 0 Å². The maximum Gasteiger partial charge on any atom is 0.0598 e. The van der Waals surface area contributed by atoms with E-state index >= 15 is 0 Å². The summed E-state index contributed by atoms with van der Waals surface area (Å²) >= 11 is 0. The fourth-order valence-corrected chi connectivity index (χ4v) is 2.13. The zero-order valence-corrected chi connectivity index (χ0v) is 10.7. The zero-order valence-electron chi connectivity index (χ0n) is 10.7. The first-order valence-corrected chi connectivity index (χ1v) is 6.26. The molecule has 0 amide bonds. The molecule has 1 heterocycles. The highest BCUT2D eigenvalue weighted by molar-refractivity contribution is 4.90. The number of piperidine rings is 1. The van der Waals surface area contributed by atoms with Gasteiger partial charge in [-0.3, -0.25) is 4.90 Å². The molecule has 1 aliphatic rings. The van der Waals surface area contributed by atoms with Gasteiger partial charge in [-0.15, -0.1) is 6.42 Å². The highest BCUT2D eigenvalue weighted by Crippen LogP contribution is 2.09. The fraction of sp³-hybridized carbons (Fsp3) is 0.846. The standard InChI is InChI=1S/C13H25N3/c1-4-9-16-11-6-13(7-12-16)14-8-5-10-15(2)3/h1,13-14H,5-12H2,2-3H3. The number of hydrogen-bond donors (Lipinski definition) is 1. The van der Waals surface area contributed by atoms with Crippen molar-refractivity contribution in [3.8, 4) is 12.3 Å². The summed E-state index contributed by atoms with van der Waals surface area (Å²) in [6.45, 7) is 5.42. The minimum atomic E-state index is 0.705. The van der Waals surface area contributed by atoms with Crippen molar-refractivity contribution in [2.75, 3.05) is 46.8 Å². The Labute approximate surface area is 100 Å². The van der Waals surface area contributed by atoms with Gasteiger partial charge in [0.05, 0.1) is 6.54 Å². The molecule has 0 unspecified atom stereocenters. The molecule has 0 bridgehead atoms. The van der Waals surface area contributed by atoms with E-state index in [4.69, 9.17) is 6.42 Å². The lowest BCUT2D eigenvalue weighted by molar-refractivity contribution is 0.217. The number of nitrogens with zero attached hydrogens (tertiary/aromatic N) is 2. The molecule has 0 spiro atoms. The predicted molar refractivity (Wildman–Crippen MR) is 69.5 cm³/mol. The van der Waals surface area contributed by atoms with Crippen molar-refractivity contribution < 1.29 is 0 Å². The normalized spacial score (nSPS) is 18.9. The Morgan fingerprint density at radius 2 is 2.06 bits per heavy atom. The minimum absolute atomic E-state index is 0.705. The minimum Gasteiger partial charge on any atom is -0.314 e. The molecule has 3 heteroatoms. The molecule has 1 rings (SSSR count). The van der Waals surface area contributed by atoms with Crippen molar-refractivity contribution in [2.24, 2.45) is 0 Å². The first-order valence-electron chi connectivity index (χ1n) is 6.26. The van der Waals surface area contributed by atoms with Gasteiger partial charge in [-0.2, -0.15) is 0 Å². The topological polar surface area (TPSA) is 18.5 Å². The van der Waals surface area contributed by atoms with Crippen molar-refractivity contribution in [3.63, 3.8) is 0 Å². The average Bonchev–Trinajstić information content (AvgIpc) is 2.27. The molecule has 1 saturated heterocycles. The summed E-state index contributed by atoms with van der Waals surface area (Å²) in [4.78, 5) is 4.59. The highest BCUT2D eigenvalue weighted by atomic mass is 15.1. The van der Waals surface area contributed by atoms with Crippen LogP contribution in [0.4, 0.5) is 0 Å². The Kier molecular flexibility index (Phi) is 6.47. The SMILES string of the molecule is C#CCN1CCC(NCCCN(C)C)CC1. The summed E-state index contributed by atoms with van der Waals surface area (Å²) in [6.07, 6.45) is 9.02. The third kappa shape index (κ3) is 5.50. The molecule has 0 aromatic carbocycles. The van der Waals surface area contributed by atoms with Crippen LogP contribution in [0.25, 0.3) is 0 Å². The van der Waals surface area contributed by atoms with Crippen molar-refractivity contribution >= 4 is 0 Å². The number of rotatable bonds is 6. The molecule has 3 nitrogen and oxygen atoms in total. The summed E-state index contributed by atoms with van der Waals surface area (Å²) in [5.41, 5.74) is 0. The van der Waals surface area contributed by atoms with E-state index in [2.05, 4.69) is 35.1 Å². The number of hydrogen-bond acceptors (Lipinski definition) is 3. The van der Waals surface area contributed by atoms with Crippen LogP contribution in [0, 0.1) is 12.3 Å². The van der Waals surface area contributed by atoms with Gasteiger partial charge in [0.25, 0.3) is 0 Å². The van der Waals surface area contributed by atoms with Gasteiger partial charge in [-0.05, 0) is 46.4 Å². The van der Waals surface area contributed by atoms with Crippen LogP contribution in [0.1, 0.15) is 19.3 Å². The van der Waals surface area contributed by atoms with Crippen LogP contribution in [0.5, 0.6) is 0 Å². The Morgan fingerprint density at radius 3 is 2.62 bits per heavy atom. The van der Waals surface area contributed by atoms with Gasteiger partial charge in [0.15, 0.2) is 0 Å². The van der Waals surface area contributed by atoms with E-state index < -0.39 is 0 Å². The van der Waals surface area contributed by atoms with Crippen LogP contribution < -0.4 is 5.32 Å². The van der Waals surface area contributed by atoms with Crippen LogP contribution in [0.3, 0.4) is 0 Å². The van der Waals surface area contributed by atoms with Crippen molar-refractivity contribution in [3.05, 3.63) is 0 Å². The second-order valence-electron chi connectivity index (χ2n) is 4.87. The maximum atomic E-state index is 5.31. The molecule has 0 atom stereocenters. The Morgan fingerprint density at radius 1 is 1.38 bits per heavy atom. The molecule has 0 saturated carbocycles. The van der Waals surface area contributed by atoms with E-state index in [1.54, 1.807) is 0 Å². The molecule has 0 aromatic heterocycles. The average molecular weight is 223 g/mol. The molecule has 0 aromatic rings. The monoisotopic (exact) mass is 223 g/mol. The van der Waals surface area contributed by atoms with Crippen molar-refractivity contribution in [2.45, 2.75) is 25.3 Å². The molecule has 16 heavy (non-hydrogen) atoms. The summed E-state index contributed by atoms with van der Waals surface area (Å²) in [6, 6.07) is 0.705. The molecule has 1 fully saturated rings. The van der Waals surface area contributed by atoms with Crippen molar-refractivity contribution in [1.29, 1.82) is 0 Å². The van der Waals surface area contributed by atoms with Gasteiger partial charge in [-0.25, -0.2) is 0 Å². The first-order chi connectivity index (χ1) is 7.72. The van der Waals surface area contributed by atoms with Gasteiger partial charge in [0, 0.05) is 19.1 Å².